The van der Waals surface area contributed by atoms with E-state index in [1.807, 2.05) is 0 Å². The van der Waals surface area contributed by atoms with Crippen molar-refractivity contribution in [1.82, 2.24) is 0 Å². The molecule has 1 rings (SSSR count). The Morgan fingerprint density at radius 3 is 2.05 bits per heavy atom. The van der Waals surface area contributed by atoms with Crippen molar-refractivity contribution in [2.45, 2.75) is 59.7 Å². The molecule has 0 N–H and O–H groups in total. The van der Waals surface area contributed by atoms with Gasteiger partial charge in [-0.2, -0.15) is 0 Å². The van der Waals surface area contributed by atoms with Gasteiger partial charge in [0.25, 0.3) is 0 Å². The number of rotatable bonds is 8. The third-order valence-electron chi connectivity index (χ3n) is 4.58. The SMILES string of the molecule is CC(C)C(C)(C)C(Cc1ccc(CCBr)cc1)O[SiH](C)C. The van der Waals surface area contributed by atoms with Crippen LogP contribution in [0.25, 0.3) is 0 Å². The van der Waals surface area contributed by atoms with Gasteiger partial charge in [0.05, 0.1) is 6.10 Å². The Kier molecular flexibility index (Phi) is 7.65. The van der Waals surface area contributed by atoms with Crippen LogP contribution in [0.3, 0.4) is 0 Å². The van der Waals surface area contributed by atoms with Crippen LogP contribution in [0.4, 0.5) is 0 Å². The Hall–Kier alpha value is -0.123. The van der Waals surface area contributed by atoms with Gasteiger partial charge in [-0.25, -0.2) is 0 Å². The van der Waals surface area contributed by atoms with Crippen molar-refractivity contribution in [3.63, 3.8) is 0 Å². The monoisotopic (exact) mass is 370 g/mol. The average molecular weight is 371 g/mol. The van der Waals surface area contributed by atoms with Gasteiger partial charge < -0.3 is 4.43 Å². The van der Waals surface area contributed by atoms with Crippen molar-refractivity contribution in [2.75, 3.05) is 5.33 Å². The standard InChI is InChI=1S/C18H31BrOSi/c1-14(2)18(3,4)17(20-21(5)6)13-16-9-7-15(8-10-16)11-12-19/h7-10,14,17,21H,11-13H2,1-6H3. The van der Waals surface area contributed by atoms with Gasteiger partial charge >= 0.3 is 0 Å². The van der Waals surface area contributed by atoms with Crippen molar-refractivity contribution in [3.8, 4) is 0 Å². The van der Waals surface area contributed by atoms with E-state index < -0.39 is 9.04 Å². The molecule has 3 heteroatoms. The summed E-state index contributed by atoms with van der Waals surface area (Å²) in [5, 5.41) is 1.03. The van der Waals surface area contributed by atoms with Crippen molar-refractivity contribution in [1.29, 1.82) is 0 Å². The zero-order chi connectivity index (χ0) is 16.0. The van der Waals surface area contributed by atoms with E-state index in [1.165, 1.54) is 11.1 Å². The summed E-state index contributed by atoms with van der Waals surface area (Å²) in [7, 11) is -1.04. The third-order valence-corrected chi connectivity index (χ3v) is 5.85. The molecule has 21 heavy (non-hydrogen) atoms. The maximum Gasteiger partial charge on any atom is 0.171 e. The van der Waals surface area contributed by atoms with E-state index >= 15 is 0 Å². The Bertz CT molecular complexity index is 412. The summed E-state index contributed by atoms with van der Waals surface area (Å²) in [5.41, 5.74) is 2.99. The van der Waals surface area contributed by atoms with Crippen LogP contribution in [-0.2, 0) is 17.3 Å². The molecule has 120 valence electrons. The predicted octanol–water partition coefficient (Wildman–Crippen LogP) is 5.22. The van der Waals surface area contributed by atoms with E-state index in [-0.39, 0.29) is 5.41 Å². The fraction of sp³-hybridized carbons (Fsp3) is 0.667. The van der Waals surface area contributed by atoms with Crippen LogP contribution in [0, 0.1) is 11.3 Å². The lowest BCUT2D eigenvalue weighted by atomic mass is 9.74. The van der Waals surface area contributed by atoms with Gasteiger partial charge in [-0.3, -0.25) is 0 Å². The van der Waals surface area contributed by atoms with Gasteiger partial charge in [-0.1, -0.05) is 67.9 Å². The average Bonchev–Trinajstić information content (AvgIpc) is 2.39. The van der Waals surface area contributed by atoms with Crippen molar-refractivity contribution < 1.29 is 4.43 Å². The first-order chi connectivity index (χ1) is 9.77. The van der Waals surface area contributed by atoms with Gasteiger partial charge in [0, 0.05) is 5.33 Å². The fourth-order valence-corrected chi connectivity index (χ4v) is 3.91. The van der Waals surface area contributed by atoms with E-state index in [1.54, 1.807) is 0 Å². The summed E-state index contributed by atoms with van der Waals surface area (Å²) in [6.45, 7) is 13.8. The van der Waals surface area contributed by atoms with Crippen molar-refractivity contribution in [2.24, 2.45) is 11.3 Å². The van der Waals surface area contributed by atoms with E-state index in [0.717, 1.165) is 18.2 Å². The number of aryl methyl sites for hydroxylation is 1. The molecule has 1 atom stereocenters. The van der Waals surface area contributed by atoms with Gasteiger partial charge in [-0.15, -0.1) is 0 Å². The quantitative estimate of drug-likeness (QED) is 0.450. The van der Waals surface area contributed by atoms with Crippen LogP contribution in [-0.4, -0.2) is 20.5 Å². The molecule has 1 aromatic carbocycles. The molecule has 0 aromatic heterocycles. The highest BCUT2D eigenvalue weighted by molar-refractivity contribution is 9.09. The molecular weight excluding hydrogens is 340 g/mol. The van der Waals surface area contributed by atoms with E-state index in [0.29, 0.717) is 12.0 Å². The maximum absolute atomic E-state index is 6.39. The molecule has 0 heterocycles. The molecular formula is C18H31BrOSi. The van der Waals surface area contributed by atoms with Gasteiger partial charge in [0.2, 0.25) is 0 Å². The molecule has 1 nitrogen and oxygen atoms in total. The summed E-state index contributed by atoms with van der Waals surface area (Å²) in [6.07, 6.45) is 2.42. The van der Waals surface area contributed by atoms with Crippen LogP contribution in [0.2, 0.25) is 13.1 Å². The Morgan fingerprint density at radius 1 is 1.10 bits per heavy atom. The largest absolute Gasteiger partial charge is 0.417 e. The Balaban J connectivity index is 2.85. The summed E-state index contributed by atoms with van der Waals surface area (Å²) in [5.74, 6) is 0.614. The smallest absolute Gasteiger partial charge is 0.171 e. The molecule has 0 fully saturated rings. The van der Waals surface area contributed by atoms with Crippen LogP contribution < -0.4 is 0 Å². The second kappa shape index (κ2) is 8.49. The normalized spacial score (nSPS) is 14.0. The van der Waals surface area contributed by atoms with Gasteiger partial charge in [0.15, 0.2) is 9.04 Å². The highest BCUT2D eigenvalue weighted by Gasteiger charge is 2.33. The lowest BCUT2D eigenvalue weighted by Gasteiger charge is -2.39. The number of benzene rings is 1. The molecule has 0 amide bonds. The highest BCUT2D eigenvalue weighted by atomic mass is 79.9. The molecule has 0 saturated heterocycles. The number of halogens is 1. The van der Waals surface area contributed by atoms with Gasteiger partial charge in [0.1, 0.15) is 0 Å². The first-order valence-corrected chi connectivity index (χ1v) is 12.0. The molecule has 0 spiro atoms. The maximum atomic E-state index is 6.39. The van der Waals surface area contributed by atoms with Crippen LogP contribution in [0.1, 0.15) is 38.8 Å². The second-order valence-corrected chi connectivity index (χ2v) is 10.3. The number of hydrogen-bond donors (Lipinski definition) is 0. The summed E-state index contributed by atoms with van der Waals surface area (Å²) >= 11 is 3.50. The molecule has 1 unspecified atom stereocenters. The number of alkyl halides is 1. The first kappa shape index (κ1) is 18.9. The summed E-state index contributed by atoms with van der Waals surface area (Å²) in [4.78, 5) is 0. The summed E-state index contributed by atoms with van der Waals surface area (Å²) < 4.78 is 6.39. The molecule has 1 aromatic rings. The number of hydrogen-bond acceptors (Lipinski definition) is 1. The molecule has 0 aliphatic heterocycles. The zero-order valence-corrected chi connectivity index (χ0v) is 17.2. The molecule has 0 saturated carbocycles. The molecule has 0 bridgehead atoms. The highest BCUT2D eigenvalue weighted by Crippen LogP contribution is 2.34. The van der Waals surface area contributed by atoms with Crippen LogP contribution in [0.15, 0.2) is 24.3 Å². The minimum absolute atomic E-state index is 0.200. The zero-order valence-electron chi connectivity index (χ0n) is 14.4. The third kappa shape index (κ3) is 5.88. The Morgan fingerprint density at radius 2 is 1.62 bits per heavy atom. The van der Waals surface area contributed by atoms with Crippen LogP contribution >= 0.6 is 15.9 Å². The lowest BCUT2D eigenvalue weighted by Crippen LogP contribution is -2.40. The second-order valence-electron chi connectivity index (χ2n) is 7.11. The molecule has 0 aliphatic carbocycles. The minimum Gasteiger partial charge on any atom is -0.417 e. The van der Waals surface area contributed by atoms with Crippen molar-refractivity contribution in [3.05, 3.63) is 35.4 Å². The fourth-order valence-electron chi connectivity index (χ4n) is 2.35. The topological polar surface area (TPSA) is 9.23 Å². The minimum atomic E-state index is -1.04. The molecule has 0 aliphatic rings. The Labute approximate surface area is 141 Å². The van der Waals surface area contributed by atoms with E-state index in [9.17, 15) is 0 Å². The molecule has 0 radical (unpaired) electrons. The summed E-state index contributed by atoms with van der Waals surface area (Å²) in [6, 6.07) is 9.05. The predicted molar refractivity (Wildman–Crippen MR) is 100 cm³/mol. The first-order valence-electron chi connectivity index (χ1n) is 8.06. The van der Waals surface area contributed by atoms with E-state index in [4.69, 9.17) is 4.43 Å². The van der Waals surface area contributed by atoms with Crippen molar-refractivity contribution >= 4 is 25.0 Å². The lowest BCUT2D eigenvalue weighted by molar-refractivity contribution is 0.0368. The van der Waals surface area contributed by atoms with Crippen LogP contribution in [0.5, 0.6) is 0 Å². The van der Waals surface area contributed by atoms with E-state index in [2.05, 4.69) is 81.0 Å². The van der Waals surface area contributed by atoms with Gasteiger partial charge in [-0.05, 0) is 48.4 Å².